The summed E-state index contributed by atoms with van der Waals surface area (Å²) in [6, 6.07) is 8.01. The van der Waals surface area contributed by atoms with Crippen LogP contribution in [0.2, 0.25) is 0 Å². The Kier molecular flexibility index (Phi) is 7.23. The van der Waals surface area contributed by atoms with Crippen molar-refractivity contribution < 1.29 is 19.1 Å². The third kappa shape index (κ3) is 5.32. The summed E-state index contributed by atoms with van der Waals surface area (Å²) in [6.07, 6.45) is 3.37. The maximum atomic E-state index is 12.8. The van der Waals surface area contributed by atoms with E-state index in [2.05, 4.69) is 5.32 Å². The molecule has 0 aromatic heterocycles. The van der Waals surface area contributed by atoms with Crippen LogP contribution >= 0.6 is 0 Å². The number of carbonyl (C=O) groups excluding carboxylic acids is 2. The molecule has 4 rings (SSSR count). The number of nitrogens with one attached hydrogen (secondary N) is 1. The molecule has 0 unspecified atom stereocenters. The van der Waals surface area contributed by atoms with Crippen LogP contribution in [0.15, 0.2) is 24.3 Å². The van der Waals surface area contributed by atoms with Crippen molar-refractivity contribution in [2.45, 2.75) is 32.2 Å². The van der Waals surface area contributed by atoms with Gasteiger partial charge in [-0.3, -0.25) is 9.59 Å². The number of ether oxygens (including phenoxy) is 2. The Hall–Kier alpha value is -2.12. The Morgan fingerprint density at radius 1 is 1.07 bits per heavy atom. The van der Waals surface area contributed by atoms with Gasteiger partial charge in [0.2, 0.25) is 11.8 Å². The third-order valence-electron chi connectivity index (χ3n) is 6.59. The molecule has 1 aromatic carbocycles. The lowest BCUT2D eigenvalue weighted by atomic mass is 9.80. The molecule has 2 saturated heterocycles. The fraction of sp³-hybridized carbons (Fsp3) is 0.652. The van der Waals surface area contributed by atoms with Gasteiger partial charge < -0.3 is 24.6 Å². The van der Waals surface area contributed by atoms with Gasteiger partial charge in [-0.05, 0) is 37.2 Å². The summed E-state index contributed by atoms with van der Waals surface area (Å²) >= 11 is 0. The maximum Gasteiger partial charge on any atom is 0.236 e. The average Bonchev–Trinajstić information content (AvgIpc) is 2.79. The lowest BCUT2D eigenvalue weighted by Crippen LogP contribution is -2.48. The van der Waals surface area contributed by atoms with Crippen LogP contribution in [0.3, 0.4) is 0 Å². The first-order valence-electron chi connectivity index (χ1n) is 11.3. The first-order valence-corrected chi connectivity index (χ1v) is 11.3. The minimum Gasteiger partial charge on any atom is -0.493 e. The van der Waals surface area contributed by atoms with E-state index in [1.165, 1.54) is 0 Å². The molecule has 3 heterocycles. The summed E-state index contributed by atoms with van der Waals surface area (Å²) in [6.45, 7) is 5.75. The highest BCUT2D eigenvalue weighted by Gasteiger charge is 2.33. The van der Waals surface area contributed by atoms with E-state index in [-0.39, 0.29) is 11.8 Å². The van der Waals surface area contributed by atoms with E-state index in [1.807, 2.05) is 34.1 Å². The van der Waals surface area contributed by atoms with Crippen LogP contribution in [0.25, 0.3) is 0 Å². The number of piperidine rings is 1. The SMILES string of the molecule is O=C(C[C@@H]1CCN2C[C@@H]1CCCOc1ccccc1CNCC2=O)N1CCOCC1. The van der Waals surface area contributed by atoms with Crippen molar-refractivity contribution in [2.24, 2.45) is 11.8 Å². The van der Waals surface area contributed by atoms with Crippen molar-refractivity contribution in [1.82, 2.24) is 15.1 Å². The van der Waals surface area contributed by atoms with Gasteiger partial charge in [-0.15, -0.1) is 0 Å². The number of fused-ring (bicyclic) bond motifs is 3. The maximum absolute atomic E-state index is 12.8. The molecule has 30 heavy (non-hydrogen) atoms. The van der Waals surface area contributed by atoms with E-state index >= 15 is 0 Å². The molecule has 2 atom stereocenters. The second kappa shape index (κ2) is 10.3. The van der Waals surface area contributed by atoms with Crippen LogP contribution in [0, 0.1) is 11.8 Å². The molecule has 2 bridgehead atoms. The topological polar surface area (TPSA) is 71.1 Å². The van der Waals surface area contributed by atoms with Gasteiger partial charge in [0.15, 0.2) is 0 Å². The highest BCUT2D eigenvalue weighted by molar-refractivity contribution is 5.79. The predicted octanol–water partition coefficient (Wildman–Crippen LogP) is 1.66. The highest BCUT2D eigenvalue weighted by atomic mass is 16.5. The van der Waals surface area contributed by atoms with E-state index in [0.717, 1.165) is 43.7 Å². The number of rotatable bonds is 2. The molecule has 7 heteroatoms. The zero-order valence-electron chi connectivity index (χ0n) is 17.7. The van der Waals surface area contributed by atoms with Crippen molar-refractivity contribution in [3.05, 3.63) is 29.8 Å². The molecule has 0 radical (unpaired) electrons. The van der Waals surface area contributed by atoms with Crippen LogP contribution < -0.4 is 10.1 Å². The molecule has 2 fully saturated rings. The van der Waals surface area contributed by atoms with Crippen LogP contribution in [0.5, 0.6) is 5.75 Å². The number of carbonyl (C=O) groups is 2. The van der Waals surface area contributed by atoms with E-state index in [9.17, 15) is 9.59 Å². The number of para-hydroxylation sites is 1. The average molecular weight is 416 g/mol. The monoisotopic (exact) mass is 415 g/mol. The predicted molar refractivity (Wildman–Crippen MR) is 113 cm³/mol. The van der Waals surface area contributed by atoms with Gasteiger partial charge >= 0.3 is 0 Å². The minimum absolute atomic E-state index is 0.149. The number of amides is 2. The van der Waals surface area contributed by atoms with Crippen LogP contribution in [-0.2, 0) is 20.9 Å². The van der Waals surface area contributed by atoms with Crippen LogP contribution in [0.4, 0.5) is 0 Å². The Morgan fingerprint density at radius 2 is 1.90 bits per heavy atom. The summed E-state index contributed by atoms with van der Waals surface area (Å²) in [5, 5.41) is 3.28. The van der Waals surface area contributed by atoms with Gasteiger partial charge in [-0.2, -0.15) is 0 Å². The van der Waals surface area contributed by atoms with Gasteiger partial charge in [0.05, 0.1) is 26.4 Å². The smallest absolute Gasteiger partial charge is 0.236 e. The largest absolute Gasteiger partial charge is 0.493 e. The second-order valence-corrected chi connectivity index (χ2v) is 8.55. The summed E-state index contributed by atoms with van der Waals surface area (Å²) in [5.41, 5.74) is 1.08. The standard InChI is InChI=1S/C23H33N3O4/c27-22(25-9-12-29-13-10-25)14-18-7-8-26-17-20(18)5-3-11-30-21-6-2-1-4-19(21)15-24-16-23(26)28/h1-2,4,6,18,20,24H,3,5,7-17H2/t18-,20-/m0/s1. The van der Waals surface area contributed by atoms with Gasteiger partial charge in [0.1, 0.15) is 5.75 Å². The summed E-state index contributed by atoms with van der Waals surface area (Å²) in [4.78, 5) is 29.5. The molecule has 7 nitrogen and oxygen atoms in total. The summed E-state index contributed by atoms with van der Waals surface area (Å²) in [7, 11) is 0. The summed E-state index contributed by atoms with van der Waals surface area (Å²) < 4.78 is 11.4. The Morgan fingerprint density at radius 3 is 2.77 bits per heavy atom. The molecule has 0 spiro atoms. The fourth-order valence-electron chi connectivity index (χ4n) is 4.80. The summed E-state index contributed by atoms with van der Waals surface area (Å²) in [5.74, 6) is 1.94. The van der Waals surface area contributed by atoms with Crippen molar-refractivity contribution in [1.29, 1.82) is 0 Å². The zero-order chi connectivity index (χ0) is 20.8. The third-order valence-corrected chi connectivity index (χ3v) is 6.59. The molecule has 3 aliphatic rings. The molecule has 3 aliphatic heterocycles. The first kappa shape index (κ1) is 21.1. The number of benzene rings is 1. The van der Waals surface area contributed by atoms with Crippen LogP contribution in [0.1, 0.15) is 31.2 Å². The molecule has 0 aliphatic carbocycles. The first-order chi connectivity index (χ1) is 14.7. The van der Waals surface area contributed by atoms with Crippen molar-refractivity contribution >= 4 is 11.8 Å². The van der Waals surface area contributed by atoms with E-state index in [0.29, 0.717) is 64.3 Å². The number of morpholine rings is 1. The van der Waals surface area contributed by atoms with Gasteiger partial charge in [-0.1, -0.05) is 18.2 Å². The lowest BCUT2D eigenvalue weighted by molar-refractivity contribution is -0.138. The second-order valence-electron chi connectivity index (χ2n) is 8.55. The number of hydrogen-bond donors (Lipinski definition) is 1. The molecule has 1 aromatic rings. The fourth-order valence-corrected chi connectivity index (χ4v) is 4.80. The van der Waals surface area contributed by atoms with E-state index < -0.39 is 0 Å². The minimum atomic E-state index is 0.149. The quantitative estimate of drug-likeness (QED) is 0.796. The van der Waals surface area contributed by atoms with E-state index in [4.69, 9.17) is 9.47 Å². The van der Waals surface area contributed by atoms with Gasteiger partial charge in [-0.25, -0.2) is 0 Å². The van der Waals surface area contributed by atoms with Crippen molar-refractivity contribution in [3.63, 3.8) is 0 Å². The normalized spacial score (nSPS) is 25.9. The van der Waals surface area contributed by atoms with Crippen molar-refractivity contribution in [2.75, 3.05) is 52.5 Å². The van der Waals surface area contributed by atoms with Crippen LogP contribution in [-0.4, -0.2) is 74.2 Å². The molecule has 1 N–H and O–H groups in total. The van der Waals surface area contributed by atoms with E-state index in [1.54, 1.807) is 0 Å². The Labute approximate surface area is 178 Å². The molecule has 164 valence electrons. The molecule has 0 saturated carbocycles. The molecular weight excluding hydrogens is 382 g/mol. The van der Waals surface area contributed by atoms with Crippen molar-refractivity contribution in [3.8, 4) is 5.75 Å². The number of hydrogen-bond acceptors (Lipinski definition) is 5. The van der Waals surface area contributed by atoms with Gasteiger partial charge in [0, 0.05) is 44.7 Å². The Balaban J connectivity index is 1.41. The molecule has 2 amide bonds. The lowest BCUT2D eigenvalue weighted by Gasteiger charge is -2.39. The number of nitrogens with zero attached hydrogens (tertiary/aromatic N) is 2. The molecular formula is C23H33N3O4. The zero-order valence-corrected chi connectivity index (χ0v) is 17.7. The van der Waals surface area contributed by atoms with Gasteiger partial charge in [0.25, 0.3) is 0 Å². The Bertz CT molecular complexity index is 735. The highest BCUT2D eigenvalue weighted by Crippen LogP contribution is 2.31.